The molecule has 1 atom stereocenters. The number of hydrogen-bond acceptors (Lipinski definition) is 4. The number of amides is 1. The Hall–Kier alpha value is -3.57. The van der Waals surface area contributed by atoms with Crippen molar-refractivity contribution in [3.05, 3.63) is 104 Å². The van der Waals surface area contributed by atoms with Gasteiger partial charge in [0.05, 0.1) is 23.6 Å². The van der Waals surface area contributed by atoms with Gasteiger partial charge in [-0.1, -0.05) is 49.6 Å². The fourth-order valence-electron chi connectivity index (χ4n) is 4.72. The molecule has 2 heterocycles. The van der Waals surface area contributed by atoms with E-state index in [0.717, 1.165) is 36.0 Å². The van der Waals surface area contributed by atoms with E-state index in [0.29, 0.717) is 39.6 Å². The maximum absolute atomic E-state index is 13.8. The summed E-state index contributed by atoms with van der Waals surface area (Å²) in [5.74, 6) is 0.423. The van der Waals surface area contributed by atoms with Crippen molar-refractivity contribution < 1.29 is 13.9 Å². The first kappa shape index (κ1) is 24.1. The van der Waals surface area contributed by atoms with Gasteiger partial charge in [0.25, 0.3) is 5.91 Å². The zero-order valence-corrected chi connectivity index (χ0v) is 21.4. The SMILES string of the molecule is CCCCCOc1cccc(C2c3c(oc4ccc(Cl)cc4c3=O)C(=O)N2c2ccc(C)c(C)c2)c1. The molecule has 6 heteroatoms. The number of aryl methyl sites for hydroxylation is 2. The lowest BCUT2D eigenvalue weighted by Gasteiger charge is -2.26. The molecule has 5 nitrogen and oxygen atoms in total. The Morgan fingerprint density at radius 3 is 2.58 bits per heavy atom. The van der Waals surface area contributed by atoms with Crippen LogP contribution in [0.15, 0.2) is 69.9 Å². The molecule has 1 aromatic heterocycles. The monoisotopic (exact) mass is 501 g/mol. The van der Waals surface area contributed by atoms with Crippen molar-refractivity contribution in [1.82, 2.24) is 0 Å². The average molecular weight is 502 g/mol. The minimum absolute atomic E-state index is 0.0623. The molecule has 0 saturated carbocycles. The van der Waals surface area contributed by atoms with Gasteiger partial charge in [0, 0.05) is 10.7 Å². The first-order valence-corrected chi connectivity index (χ1v) is 12.7. The van der Waals surface area contributed by atoms with Crippen LogP contribution < -0.4 is 15.1 Å². The number of halogens is 1. The van der Waals surface area contributed by atoms with Crippen LogP contribution in [0.3, 0.4) is 0 Å². The van der Waals surface area contributed by atoms with Crippen molar-refractivity contribution >= 4 is 34.2 Å². The number of unbranched alkanes of at least 4 members (excludes halogenated alkanes) is 2. The van der Waals surface area contributed by atoms with Crippen molar-refractivity contribution in [3.63, 3.8) is 0 Å². The molecule has 0 N–H and O–H groups in total. The molecule has 5 rings (SSSR count). The number of benzene rings is 3. The van der Waals surface area contributed by atoms with Crippen LogP contribution in [0.1, 0.15) is 65.0 Å². The lowest BCUT2D eigenvalue weighted by Crippen LogP contribution is -2.29. The Morgan fingerprint density at radius 2 is 1.81 bits per heavy atom. The molecular formula is C30H28ClNO4. The van der Waals surface area contributed by atoms with Gasteiger partial charge in [0.1, 0.15) is 11.3 Å². The molecule has 1 aliphatic heterocycles. The summed E-state index contributed by atoms with van der Waals surface area (Å²) in [6.45, 7) is 6.80. The molecular weight excluding hydrogens is 474 g/mol. The van der Waals surface area contributed by atoms with Gasteiger partial charge in [-0.2, -0.15) is 0 Å². The number of anilines is 1. The van der Waals surface area contributed by atoms with Gasteiger partial charge in [-0.25, -0.2) is 0 Å². The number of ether oxygens (including phenoxy) is 1. The van der Waals surface area contributed by atoms with E-state index < -0.39 is 6.04 Å². The Kier molecular flexibility index (Phi) is 6.59. The lowest BCUT2D eigenvalue weighted by molar-refractivity contribution is 0.0971. The molecule has 1 amide bonds. The predicted octanol–water partition coefficient (Wildman–Crippen LogP) is 7.38. The highest BCUT2D eigenvalue weighted by Crippen LogP contribution is 2.42. The molecule has 1 unspecified atom stereocenters. The Morgan fingerprint density at radius 1 is 0.972 bits per heavy atom. The fourth-order valence-corrected chi connectivity index (χ4v) is 4.89. The van der Waals surface area contributed by atoms with Crippen molar-refractivity contribution in [2.75, 3.05) is 11.5 Å². The second-order valence-corrected chi connectivity index (χ2v) is 9.73. The smallest absolute Gasteiger partial charge is 0.295 e. The van der Waals surface area contributed by atoms with Crippen LogP contribution in [-0.2, 0) is 0 Å². The number of nitrogens with zero attached hydrogens (tertiary/aromatic N) is 1. The maximum atomic E-state index is 13.8. The zero-order valence-electron chi connectivity index (χ0n) is 20.6. The third-order valence-electron chi connectivity index (χ3n) is 6.79. The molecule has 0 saturated heterocycles. The molecule has 1 aliphatic rings. The summed E-state index contributed by atoms with van der Waals surface area (Å²) in [6.07, 6.45) is 3.18. The van der Waals surface area contributed by atoms with Crippen LogP contribution in [-0.4, -0.2) is 12.5 Å². The van der Waals surface area contributed by atoms with Crippen molar-refractivity contribution in [1.29, 1.82) is 0 Å². The minimum Gasteiger partial charge on any atom is -0.494 e. The summed E-state index contributed by atoms with van der Waals surface area (Å²) in [6, 6.07) is 17.7. The highest BCUT2D eigenvalue weighted by atomic mass is 35.5. The molecule has 184 valence electrons. The van der Waals surface area contributed by atoms with Crippen LogP contribution in [0.4, 0.5) is 5.69 Å². The number of fused-ring (bicyclic) bond motifs is 2. The zero-order chi connectivity index (χ0) is 25.4. The standard InChI is InChI=1S/C30H28ClNO4/c1-4-5-6-14-35-23-9-7-8-20(16-23)27-26-28(33)24-17-21(31)11-13-25(24)36-29(26)30(34)32(27)22-12-10-18(2)19(3)15-22/h7-13,15-17,27H,4-6,14H2,1-3H3. The van der Waals surface area contributed by atoms with Gasteiger partial charge >= 0.3 is 0 Å². The average Bonchev–Trinajstić information content (AvgIpc) is 3.17. The molecule has 0 radical (unpaired) electrons. The topological polar surface area (TPSA) is 59.8 Å². The van der Waals surface area contributed by atoms with E-state index in [9.17, 15) is 9.59 Å². The molecule has 0 fully saturated rings. The van der Waals surface area contributed by atoms with Crippen LogP contribution in [0.5, 0.6) is 5.75 Å². The number of rotatable bonds is 7. The summed E-state index contributed by atoms with van der Waals surface area (Å²) in [4.78, 5) is 29.3. The summed E-state index contributed by atoms with van der Waals surface area (Å²) >= 11 is 6.20. The van der Waals surface area contributed by atoms with Crippen LogP contribution in [0, 0.1) is 13.8 Å². The highest BCUT2D eigenvalue weighted by molar-refractivity contribution is 6.31. The van der Waals surface area contributed by atoms with Crippen LogP contribution >= 0.6 is 11.6 Å². The van der Waals surface area contributed by atoms with Crippen LogP contribution in [0.25, 0.3) is 11.0 Å². The van der Waals surface area contributed by atoms with E-state index >= 15 is 0 Å². The van der Waals surface area contributed by atoms with E-state index in [2.05, 4.69) is 6.92 Å². The van der Waals surface area contributed by atoms with Crippen molar-refractivity contribution in [3.8, 4) is 5.75 Å². The van der Waals surface area contributed by atoms with E-state index in [1.54, 1.807) is 23.1 Å². The number of hydrogen-bond donors (Lipinski definition) is 0. The van der Waals surface area contributed by atoms with Crippen molar-refractivity contribution in [2.45, 2.75) is 46.1 Å². The first-order chi connectivity index (χ1) is 17.4. The maximum Gasteiger partial charge on any atom is 0.295 e. The quantitative estimate of drug-likeness (QED) is 0.248. The van der Waals surface area contributed by atoms with Gasteiger partial charge in [0.15, 0.2) is 5.43 Å². The molecule has 0 aliphatic carbocycles. The van der Waals surface area contributed by atoms with E-state index in [-0.39, 0.29) is 17.1 Å². The van der Waals surface area contributed by atoms with E-state index in [1.165, 1.54) is 0 Å². The first-order valence-electron chi connectivity index (χ1n) is 12.3. The van der Waals surface area contributed by atoms with Gasteiger partial charge in [-0.3, -0.25) is 14.5 Å². The van der Waals surface area contributed by atoms with Gasteiger partial charge < -0.3 is 9.15 Å². The van der Waals surface area contributed by atoms with Gasteiger partial charge in [-0.15, -0.1) is 0 Å². The highest BCUT2D eigenvalue weighted by Gasteiger charge is 2.43. The Labute approximate surface area is 215 Å². The van der Waals surface area contributed by atoms with Gasteiger partial charge in [0.2, 0.25) is 5.76 Å². The second-order valence-electron chi connectivity index (χ2n) is 9.29. The Bertz CT molecular complexity index is 1520. The molecule has 3 aromatic carbocycles. The third-order valence-corrected chi connectivity index (χ3v) is 7.03. The summed E-state index contributed by atoms with van der Waals surface area (Å²) in [5, 5.41) is 0.789. The van der Waals surface area contributed by atoms with Gasteiger partial charge in [-0.05, 0) is 79.4 Å². The largest absolute Gasteiger partial charge is 0.494 e. The van der Waals surface area contributed by atoms with Crippen molar-refractivity contribution in [2.24, 2.45) is 0 Å². The van der Waals surface area contributed by atoms with E-state index in [4.69, 9.17) is 20.8 Å². The minimum atomic E-state index is -0.659. The number of carbonyl (C=O) groups is 1. The summed E-state index contributed by atoms with van der Waals surface area (Å²) in [5.41, 5.74) is 4.06. The third kappa shape index (κ3) is 4.28. The molecule has 4 aromatic rings. The van der Waals surface area contributed by atoms with E-state index in [1.807, 2.05) is 56.3 Å². The molecule has 36 heavy (non-hydrogen) atoms. The lowest BCUT2D eigenvalue weighted by atomic mass is 9.97. The predicted molar refractivity (Wildman–Crippen MR) is 144 cm³/mol. The Balaban J connectivity index is 1.68. The summed E-state index contributed by atoms with van der Waals surface area (Å²) in [7, 11) is 0. The summed E-state index contributed by atoms with van der Waals surface area (Å²) < 4.78 is 12.0. The fraction of sp³-hybridized carbons (Fsp3) is 0.267. The molecule has 0 spiro atoms. The molecule has 0 bridgehead atoms. The normalized spacial score (nSPS) is 14.9. The second kappa shape index (κ2) is 9.82. The van der Waals surface area contributed by atoms with Crippen LogP contribution in [0.2, 0.25) is 5.02 Å². The number of carbonyl (C=O) groups excluding carboxylic acids is 1.